The van der Waals surface area contributed by atoms with Crippen molar-refractivity contribution in [3.8, 4) is 0 Å². The fourth-order valence-corrected chi connectivity index (χ4v) is 2.56. The lowest BCUT2D eigenvalue weighted by Gasteiger charge is -2.07. The van der Waals surface area contributed by atoms with Crippen LogP contribution in [-0.4, -0.2) is 29.3 Å². The highest BCUT2D eigenvalue weighted by atomic mass is 35.5. The summed E-state index contributed by atoms with van der Waals surface area (Å²) in [5.74, 6) is -1.28. The molecule has 6 nitrogen and oxygen atoms in total. The number of hydrogen-bond donors (Lipinski definition) is 1. The number of anilines is 1. The van der Waals surface area contributed by atoms with E-state index in [1.165, 1.54) is 11.8 Å². The number of carbonyl (C=O) groups is 3. The van der Waals surface area contributed by atoms with Gasteiger partial charge in [0.25, 0.3) is 5.91 Å². The minimum Gasteiger partial charge on any atom is -0.456 e. The van der Waals surface area contributed by atoms with E-state index in [0.29, 0.717) is 11.3 Å². The van der Waals surface area contributed by atoms with Gasteiger partial charge in [0.1, 0.15) is 0 Å². The minimum absolute atomic E-state index is 0.0298. The summed E-state index contributed by atoms with van der Waals surface area (Å²) < 4.78 is 4.89. The molecule has 7 heteroatoms. The zero-order valence-electron chi connectivity index (χ0n) is 15.0. The molecule has 0 aliphatic carbocycles. The molecule has 0 saturated carbocycles. The van der Waals surface area contributed by atoms with Crippen LogP contribution in [0.4, 0.5) is 5.69 Å². The average molecular weight is 389 g/mol. The van der Waals surface area contributed by atoms with E-state index in [1.54, 1.807) is 24.3 Å². The Morgan fingerprint density at radius 3 is 2.52 bits per heavy atom. The molecule has 2 aromatic rings. The average Bonchev–Trinajstić information content (AvgIpc) is 2.67. The van der Waals surface area contributed by atoms with E-state index in [4.69, 9.17) is 16.3 Å². The van der Waals surface area contributed by atoms with Crippen LogP contribution < -0.4 is 5.32 Å². The summed E-state index contributed by atoms with van der Waals surface area (Å²) in [5.41, 5.74) is 2.07. The molecule has 0 aliphatic rings. The minimum atomic E-state index is -0.613. The van der Waals surface area contributed by atoms with Crippen molar-refractivity contribution in [3.05, 3.63) is 58.9 Å². The third-order valence-corrected chi connectivity index (χ3v) is 4.07. The quantitative estimate of drug-likeness (QED) is 0.401. The van der Waals surface area contributed by atoms with E-state index in [9.17, 15) is 14.4 Å². The zero-order chi connectivity index (χ0) is 19.6. The van der Waals surface area contributed by atoms with E-state index in [2.05, 4.69) is 17.2 Å². The summed E-state index contributed by atoms with van der Waals surface area (Å²) in [6.07, 6.45) is 3.44. The van der Waals surface area contributed by atoms with Crippen molar-refractivity contribution in [1.82, 2.24) is 4.98 Å². The van der Waals surface area contributed by atoms with Crippen LogP contribution in [0.25, 0.3) is 0 Å². The summed E-state index contributed by atoms with van der Waals surface area (Å²) in [6, 6.07) is 10.6. The van der Waals surface area contributed by atoms with Crippen molar-refractivity contribution in [2.24, 2.45) is 0 Å². The molecule has 2 rings (SSSR count). The van der Waals surface area contributed by atoms with E-state index in [1.807, 2.05) is 12.1 Å². The van der Waals surface area contributed by atoms with E-state index in [0.717, 1.165) is 12.8 Å². The molecule has 0 aliphatic heterocycles. The Hall–Kier alpha value is -2.73. The first-order valence-corrected chi connectivity index (χ1v) is 9.05. The molecule has 1 aromatic carbocycles. The van der Waals surface area contributed by atoms with Gasteiger partial charge in [0.2, 0.25) is 0 Å². The lowest BCUT2D eigenvalue weighted by Crippen LogP contribution is -2.21. The number of nitrogens with zero attached hydrogens (tertiary/aromatic N) is 1. The molecule has 1 amide bonds. The van der Waals surface area contributed by atoms with Crippen molar-refractivity contribution in [3.63, 3.8) is 0 Å². The highest BCUT2D eigenvalue weighted by Gasteiger charge is 2.13. The van der Waals surface area contributed by atoms with Gasteiger partial charge in [-0.15, -0.1) is 0 Å². The number of hydrogen-bond acceptors (Lipinski definition) is 5. The number of pyridine rings is 1. The van der Waals surface area contributed by atoms with Crippen molar-refractivity contribution in [2.75, 3.05) is 11.9 Å². The fraction of sp³-hybridized carbons (Fsp3) is 0.300. The number of carbonyl (C=O) groups excluding carboxylic acids is 3. The first-order valence-electron chi connectivity index (χ1n) is 8.67. The molecule has 0 unspecified atom stereocenters. The monoisotopic (exact) mass is 388 g/mol. The van der Waals surface area contributed by atoms with Crippen LogP contribution in [0, 0.1) is 0 Å². The number of Topliss-reactive ketones (excluding diaryl/α,β-unsaturated/α-hetero) is 1. The molecule has 0 spiro atoms. The molecule has 0 atom stereocenters. The molecular formula is C20H21ClN2O4. The largest absolute Gasteiger partial charge is 0.456 e. The topological polar surface area (TPSA) is 85.4 Å². The number of nitrogens with one attached hydrogen (secondary N) is 1. The maximum atomic E-state index is 12.1. The maximum Gasteiger partial charge on any atom is 0.306 e. The van der Waals surface area contributed by atoms with Crippen molar-refractivity contribution in [1.29, 1.82) is 0 Å². The van der Waals surface area contributed by atoms with Crippen LogP contribution in [-0.2, 0) is 20.7 Å². The van der Waals surface area contributed by atoms with Gasteiger partial charge in [0.05, 0.1) is 12.1 Å². The van der Waals surface area contributed by atoms with E-state index >= 15 is 0 Å². The first kappa shape index (κ1) is 20.6. The van der Waals surface area contributed by atoms with Crippen LogP contribution in [0.15, 0.2) is 42.6 Å². The number of ketones is 1. The first-order chi connectivity index (χ1) is 13.0. The number of esters is 1. The van der Waals surface area contributed by atoms with Gasteiger partial charge in [-0.05, 0) is 24.1 Å². The van der Waals surface area contributed by atoms with Gasteiger partial charge in [-0.25, -0.2) is 4.98 Å². The van der Waals surface area contributed by atoms with Gasteiger partial charge in [0, 0.05) is 18.2 Å². The number of halogens is 1. The van der Waals surface area contributed by atoms with Crippen molar-refractivity contribution in [2.45, 2.75) is 32.6 Å². The Morgan fingerprint density at radius 2 is 1.85 bits per heavy atom. The van der Waals surface area contributed by atoms with Crippen molar-refractivity contribution < 1.29 is 19.1 Å². The molecule has 142 valence electrons. The van der Waals surface area contributed by atoms with Crippen LogP contribution in [0.5, 0.6) is 0 Å². The highest BCUT2D eigenvalue weighted by Crippen LogP contribution is 2.17. The summed E-state index contributed by atoms with van der Waals surface area (Å²) in [6.45, 7) is 1.64. The normalized spacial score (nSPS) is 10.3. The molecule has 0 bridgehead atoms. The number of benzene rings is 1. The molecule has 1 heterocycles. The Labute approximate surface area is 162 Å². The highest BCUT2D eigenvalue weighted by molar-refractivity contribution is 6.32. The second kappa shape index (κ2) is 10.4. The molecule has 0 saturated heterocycles. The molecular weight excluding hydrogens is 368 g/mol. The number of aromatic nitrogens is 1. The van der Waals surface area contributed by atoms with Crippen LogP contribution in [0.1, 0.15) is 42.1 Å². The summed E-state index contributed by atoms with van der Waals surface area (Å²) in [4.78, 5) is 39.5. The Morgan fingerprint density at radius 1 is 1.11 bits per heavy atom. The molecule has 27 heavy (non-hydrogen) atoms. The maximum absolute atomic E-state index is 12.1. The van der Waals surface area contributed by atoms with E-state index < -0.39 is 18.5 Å². The number of ether oxygens (including phenoxy) is 1. The second-order valence-electron chi connectivity index (χ2n) is 5.92. The Balaban J connectivity index is 1.73. The van der Waals surface area contributed by atoms with Crippen LogP contribution >= 0.6 is 11.6 Å². The second-order valence-corrected chi connectivity index (χ2v) is 6.28. The third kappa shape index (κ3) is 6.83. The fourth-order valence-electron chi connectivity index (χ4n) is 2.39. The molecule has 1 N–H and O–H groups in total. The van der Waals surface area contributed by atoms with Crippen LogP contribution in [0.3, 0.4) is 0 Å². The Kier molecular flexibility index (Phi) is 7.95. The Bertz CT molecular complexity index is 806. The van der Waals surface area contributed by atoms with Gasteiger partial charge in [-0.3, -0.25) is 14.4 Å². The predicted molar refractivity (Wildman–Crippen MR) is 103 cm³/mol. The third-order valence-electron chi connectivity index (χ3n) is 3.77. The summed E-state index contributed by atoms with van der Waals surface area (Å²) in [7, 11) is 0. The molecule has 1 aromatic heterocycles. The predicted octanol–water partition coefficient (Wildman–Crippen LogP) is 3.83. The number of amides is 1. The van der Waals surface area contributed by atoms with Gasteiger partial charge < -0.3 is 10.1 Å². The smallest absolute Gasteiger partial charge is 0.306 e. The lowest BCUT2D eigenvalue weighted by molar-refractivity contribution is -0.147. The summed E-state index contributed by atoms with van der Waals surface area (Å²) >= 11 is 5.83. The van der Waals surface area contributed by atoms with Crippen molar-refractivity contribution >= 4 is 34.9 Å². The number of aryl methyl sites for hydroxylation is 1. The molecule has 0 radical (unpaired) electrons. The van der Waals surface area contributed by atoms with Gasteiger partial charge in [-0.1, -0.05) is 49.2 Å². The zero-order valence-corrected chi connectivity index (χ0v) is 15.8. The van der Waals surface area contributed by atoms with Crippen LogP contribution in [0.2, 0.25) is 5.15 Å². The molecule has 0 fully saturated rings. The standard InChI is InChI=1S/C20H21ClN2O4/c1-2-4-14-6-8-15(9-7-14)17(24)10-11-19(26)27-13-18(25)23-16-5-3-12-22-20(16)21/h3,5-9,12H,2,4,10-11,13H2,1H3,(H,23,25). The van der Waals surface area contributed by atoms with Gasteiger partial charge in [-0.2, -0.15) is 0 Å². The summed E-state index contributed by atoms with van der Waals surface area (Å²) in [5, 5.41) is 2.64. The SMILES string of the molecule is CCCc1ccc(C(=O)CCC(=O)OCC(=O)Nc2cccnc2Cl)cc1. The van der Waals surface area contributed by atoms with Gasteiger partial charge >= 0.3 is 5.97 Å². The lowest BCUT2D eigenvalue weighted by atomic mass is 10.0. The number of rotatable bonds is 9. The van der Waals surface area contributed by atoms with E-state index in [-0.39, 0.29) is 23.8 Å². The van der Waals surface area contributed by atoms with Gasteiger partial charge in [0.15, 0.2) is 17.5 Å².